The number of likely N-dealkylation sites (tertiary alicyclic amines) is 1. The molecule has 0 bridgehead atoms. The third kappa shape index (κ3) is 4.35. The van der Waals surface area contributed by atoms with Crippen molar-refractivity contribution in [2.75, 3.05) is 40.3 Å². The molecule has 0 atom stereocenters. The molecule has 0 radical (unpaired) electrons. The van der Waals surface area contributed by atoms with Gasteiger partial charge in [-0.3, -0.25) is 0 Å². The average molecular weight is 267 g/mol. The van der Waals surface area contributed by atoms with Crippen LogP contribution in [0.2, 0.25) is 0 Å². The molecule has 0 amide bonds. The van der Waals surface area contributed by atoms with Crippen molar-refractivity contribution in [1.82, 2.24) is 15.1 Å². The molecule has 2 rings (SSSR count). The van der Waals surface area contributed by atoms with Gasteiger partial charge in [-0.05, 0) is 51.5 Å². The Balaban J connectivity index is 1.58. The van der Waals surface area contributed by atoms with E-state index in [4.69, 9.17) is 0 Å². The predicted octanol–water partition coefficient (Wildman–Crippen LogP) is 1.86. The molecular weight excluding hydrogens is 242 g/mol. The smallest absolute Gasteiger partial charge is 0.0300 e. The molecule has 0 aliphatic carbocycles. The zero-order valence-corrected chi connectivity index (χ0v) is 12.4. The Hall–Kier alpha value is -0.420. The highest BCUT2D eigenvalue weighted by atomic mass is 32.1. The van der Waals surface area contributed by atoms with E-state index < -0.39 is 0 Å². The van der Waals surface area contributed by atoms with Gasteiger partial charge in [0, 0.05) is 30.6 Å². The molecule has 3 nitrogen and oxygen atoms in total. The number of rotatable bonds is 6. The zero-order chi connectivity index (χ0) is 12.8. The Bertz CT molecular complexity index is 318. The molecule has 1 fully saturated rings. The van der Waals surface area contributed by atoms with Gasteiger partial charge in [-0.2, -0.15) is 0 Å². The molecule has 102 valence electrons. The van der Waals surface area contributed by atoms with E-state index in [0.717, 1.165) is 25.7 Å². The molecule has 1 aliphatic rings. The second-order valence-corrected chi connectivity index (χ2v) is 6.30. The van der Waals surface area contributed by atoms with Crippen molar-refractivity contribution in [3.63, 3.8) is 0 Å². The number of nitrogens with zero attached hydrogens (tertiary/aromatic N) is 2. The van der Waals surface area contributed by atoms with Gasteiger partial charge in [0.1, 0.15) is 0 Å². The van der Waals surface area contributed by atoms with Gasteiger partial charge in [0.05, 0.1) is 0 Å². The van der Waals surface area contributed by atoms with Crippen molar-refractivity contribution in [3.8, 4) is 0 Å². The van der Waals surface area contributed by atoms with Gasteiger partial charge in [-0.25, -0.2) is 0 Å². The van der Waals surface area contributed by atoms with E-state index in [2.05, 4.69) is 46.7 Å². The van der Waals surface area contributed by atoms with Crippen LogP contribution in [0.3, 0.4) is 0 Å². The number of piperidine rings is 1. The summed E-state index contributed by atoms with van der Waals surface area (Å²) in [4.78, 5) is 6.38. The van der Waals surface area contributed by atoms with Gasteiger partial charge in [-0.15, -0.1) is 11.3 Å². The van der Waals surface area contributed by atoms with Crippen LogP contribution in [0.15, 0.2) is 17.5 Å². The molecule has 1 aromatic rings. The van der Waals surface area contributed by atoms with Crippen molar-refractivity contribution in [2.45, 2.75) is 25.4 Å². The first-order valence-electron chi connectivity index (χ1n) is 6.87. The number of nitrogens with one attached hydrogen (secondary N) is 1. The van der Waals surface area contributed by atoms with Crippen molar-refractivity contribution in [3.05, 3.63) is 22.4 Å². The molecule has 0 unspecified atom stereocenters. The standard InChI is InChI=1S/C14H25N3S/c1-16-8-5-13(6-9-16)17(2)10-7-15-12-14-4-3-11-18-14/h3-4,11,13,15H,5-10,12H2,1-2H3. The highest BCUT2D eigenvalue weighted by Crippen LogP contribution is 2.13. The van der Waals surface area contributed by atoms with Crippen LogP contribution in [0.25, 0.3) is 0 Å². The zero-order valence-electron chi connectivity index (χ0n) is 11.6. The van der Waals surface area contributed by atoms with Crippen LogP contribution < -0.4 is 5.32 Å². The summed E-state index contributed by atoms with van der Waals surface area (Å²) in [7, 11) is 4.49. The minimum Gasteiger partial charge on any atom is -0.311 e. The minimum absolute atomic E-state index is 0.782. The third-order valence-electron chi connectivity index (χ3n) is 3.83. The first kappa shape index (κ1) is 14.0. The van der Waals surface area contributed by atoms with Crippen molar-refractivity contribution >= 4 is 11.3 Å². The van der Waals surface area contributed by atoms with E-state index in [1.54, 1.807) is 0 Å². The minimum atomic E-state index is 0.782. The second kappa shape index (κ2) is 7.24. The highest BCUT2D eigenvalue weighted by Gasteiger charge is 2.19. The monoisotopic (exact) mass is 267 g/mol. The summed E-state index contributed by atoms with van der Waals surface area (Å²) >= 11 is 1.83. The summed E-state index contributed by atoms with van der Waals surface area (Å²) < 4.78 is 0. The number of likely N-dealkylation sites (N-methyl/N-ethyl adjacent to an activating group) is 1. The summed E-state index contributed by atoms with van der Waals surface area (Å²) in [6.07, 6.45) is 2.63. The van der Waals surface area contributed by atoms with Crippen molar-refractivity contribution in [1.29, 1.82) is 0 Å². The van der Waals surface area contributed by atoms with E-state index in [0.29, 0.717) is 0 Å². The van der Waals surface area contributed by atoms with Crippen LogP contribution in [-0.4, -0.2) is 56.1 Å². The van der Waals surface area contributed by atoms with Crippen LogP contribution in [-0.2, 0) is 6.54 Å². The van der Waals surface area contributed by atoms with Crippen molar-refractivity contribution in [2.24, 2.45) is 0 Å². The maximum Gasteiger partial charge on any atom is 0.0300 e. The largest absolute Gasteiger partial charge is 0.311 e. The first-order valence-corrected chi connectivity index (χ1v) is 7.75. The molecular formula is C14H25N3S. The Morgan fingerprint density at radius 1 is 1.44 bits per heavy atom. The van der Waals surface area contributed by atoms with Crippen LogP contribution in [0.5, 0.6) is 0 Å². The van der Waals surface area contributed by atoms with Crippen LogP contribution >= 0.6 is 11.3 Å². The maximum atomic E-state index is 3.52. The molecule has 2 heterocycles. The Morgan fingerprint density at radius 2 is 2.22 bits per heavy atom. The van der Waals surface area contributed by atoms with Crippen LogP contribution in [0, 0.1) is 0 Å². The molecule has 1 saturated heterocycles. The third-order valence-corrected chi connectivity index (χ3v) is 4.71. The van der Waals surface area contributed by atoms with Gasteiger partial charge in [-0.1, -0.05) is 6.07 Å². The summed E-state index contributed by atoms with van der Waals surface area (Å²) in [6, 6.07) is 5.09. The second-order valence-electron chi connectivity index (χ2n) is 5.27. The Kier molecular flexibility index (Phi) is 5.63. The lowest BCUT2D eigenvalue weighted by atomic mass is 10.0. The van der Waals surface area contributed by atoms with Crippen molar-refractivity contribution < 1.29 is 0 Å². The van der Waals surface area contributed by atoms with E-state index in [-0.39, 0.29) is 0 Å². The Morgan fingerprint density at radius 3 is 2.89 bits per heavy atom. The summed E-state index contributed by atoms with van der Waals surface area (Å²) in [5.74, 6) is 0. The Labute approximate surface area is 115 Å². The van der Waals surface area contributed by atoms with E-state index in [9.17, 15) is 0 Å². The number of hydrogen-bond donors (Lipinski definition) is 1. The average Bonchev–Trinajstić information content (AvgIpc) is 2.88. The maximum absolute atomic E-state index is 3.52. The van der Waals surface area contributed by atoms with Crippen LogP contribution in [0.1, 0.15) is 17.7 Å². The summed E-state index contributed by atoms with van der Waals surface area (Å²) in [5, 5.41) is 5.67. The first-order chi connectivity index (χ1) is 8.75. The van der Waals surface area contributed by atoms with E-state index in [1.165, 1.54) is 30.8 Å². The number of hydrogen-bond acceptors (Lipinski definition) is 4. The van der Waals surface area contributed by atoms with Gasteiger partial charge in [0.2, 0.25) is 0 Å². The highest BCUT2D eigenvalue weighted by molar-refractivity contribution is 7.09. The fourth-order valence-corrected chi connectivity index (χ4v) is 3.17. The predicted molar refractivity (Wildman–Crippen MR) is 79.2 cm³/mol. The van der Waals surface area contributed by atoms with Gasteiger partial charge in [0.25, 0.3) is 0 Å². The van der Waals surface area contributed by atoms with Gasteiger partial charge < -0.3 is 15.1 Å². The molecule has 0 aromatic carbocycles. The fraction of sp³-hybridized carbons (Fsp3) is 0.714. The summed E-state index contributed by atoms with van der Waals surface area (Å²) in [5.41, 5.74) is 0. The molecule has 18 heavy (non-hydrogen) atoms. The molecule has 1 aliphatic heterocycles. The SMILES string of the molecule is CN1CCC(N(C)CCNCc2cccs2)CC1. The molecule has 0 spiro atoms. The lowest BCUT2D eigenvalue weighted by Gasteiger charge is -2.35. The topological polar surface area (TPSA) is 18.5 Å². The van der Waals surface area contributed by atoms with Crippen LogP contribution in [0.4, 0.5) is 0 Å². The lowest BCUT2D eigenvalue weighted by molar-refractivity contribution is 0.145. The molecule has 1 N–H and O–H groups in total. The lowest BCUT2D eigenvalue weighted by Crippen LogP contribution is -2.43. The quantitative estimate of drug-likeness (QED) is 0.794. The normalized spacial score (nSPS) is 18.6. The fourth-order valence-electron chi connectivity index (χ4n) is 2.50. The number of thiophene rings is 1. The molecule has 4 heteroatoms. The van der Waals surface area contributed by atoms with E-state index in [1.807, 2.05) is 11.3 Å². The van der Waals surface area contributed by atoms with Gasteiger partial charge >= 0.3 is 0 Å². The van der Waals surface area contributed by atoms with Gasteiger partial charge in [0.15, 0.2) is 0 Å². The molecule has 0 saturated carbocycles. The summed E-state index contributed by atoms with van der Waals surface area (Å²) in [6.45, 7) is 5.74. The van der Waals surface area contributed by atoms with E-state index >= 15 is 0 Å². The molecule has 1 aromatic heterocycles.